The average molecular weight is 262 g/mol. The van der Waals surface area contributed by atoms with Crippen LogP contribution < -0.4 is 15.4 Å². The molecule has 0 saturated carbocycles. The maximum atomic E-state index is 5.41. The third-order valence-corrected chi connectivity index (χ3v) is 3.84. The molecule has 3 heteroatoms. The lowest BCUT2D eigenvalue weighted by Crippen LogP contribution is -2.36. The Kier molecular flexibility index (Phi) is 5.67. The topological polar surface area (TPSA) is 33.3 Å². The van der Waals surface area contributed by atoms with E-state index in [1.807, 2.05) is 0 Å². The van der Waals surface area contributed by atoms with Crippen LogP contribution in [0.25, 0.3) is 0 Å². The first kappa shape index (κ1) is 14.4. The molecule has 3 nitrogen and oxygen atoms in total. The van der Waals surface area contributed by atoms with Gasteiger partial charge in [-0.15, -0.1) is 0 Å². The predicted molar refractivity (Wildman–Crippen MR) is 79.9 cm³/mol. The van der Waals surface area contributed by atoms with Gasteiger partial charge in [-0.05, 0) is 69.9 Å². The molecular formula is C16H26N2O. The van der Waals surface area contributed by atoms with Crippen molar-refractivity contribution in [3.8, 4) is 5.75 Å². The first-order chi connectivity index (χ1) is 9.29. The highest BCUT2D eigenvalue weighted by atomic mass is 16.5. The summed E-state index contributed by atoms with van der Waals surface area (Å²) < 4.78 is 5.41. The van der Waals surface area contributed by atoms with Crippen LogP contribution in [0.3, 0.4) is 0 Å². The fraction of sp³-hybridized carbons (Fsp3) is 0.625. The van der Waals surface area contributed by atoms with Gasteiger partial charge in [-0.3, -0.25) is 0 Å². The summed E-state index contributed by atoms with van der Waals surface area (Å²) in [5.41, 5.74) is 2.60. The van der Waals surface area contributed by atoms with Gasteiger partial charge in [-0.1, -0.05) is 17.7 Å². The number of methoxy groups -OCH3 is 1. The van der Waals surface area contributed by atoms with Crippen molar-refractivity contribution < 1.29 is 4.74 Å². The Labute approximate surface area is 116 Å². The molecule has 0 radical (unpaired) electrons. The number of benzene rings is 1. The van der Waals surface area contributed by atoms with Crippen LogP contribution in [0.4, 0.5) is 0 Å². The molecule has 1 aromatic carbocycles. The Hall–Kier alpha value is -1.06. The first-order valence-electron chi connectivity index (χ1n) is 7.34. The van der Waals surface area contributed by atoms with E-state index in [4.69, 9.17) is 4.74 Å². The molecule has 106 valence electrons. The van der Waals surface area contributed by atoms with Crippen LogP contribution >= 0.6 is 0 Å². The van der Waals surface area contributed by atoms with Gasteiger partial charge in [-0.25, -0.2) is 0 Å². The minimum Gasteiger partial charge on any atom is -0.496 e. The van der Waals surface area contributed by atoms with Crippen LogP contribution in [0, 0.1) is 12.8 Å². The maximum absolute atomic E-state index is 5.41. The highest BCUT2D eigenvalue weighted by Crippen LogP contribution is 2.19. The molecule has 2 N–H and O–H groups in total. The second-order valence-electron chi connectivity index (χ2n) is 5.48. The van der Waals surface area contributed by atoms with Crippen molar-refractivity contribution in [2.75, 3.05) is 33.3 Å². The predicted octanol–water partition coefficient (Wildman–Crippen LogP) is 2.14. The summed E-state index contributed by atoms with van der Waals surface area (Å²) in [7, 11) is 1.75. The third-order valence-electron chi connectivity index (χ3n) is 3.84. The van der Waals surface area contributed by atoms with E-state index >= 15 is 0 Å². The van der Waals surface area contributed by atoms with Gasteiger partial charge in [-0.2, -0.15) is 0 Å². The maximum Gasteiger partial charge on any atom is 0.122 e. The van der Waals surface area contributed by atoms with E-state index in [1.165, 1.54) is 37.1 Å². The molecule has 1 atom stereocenters. The second-order valence-corrected chi connectivity index (χ2v) is 5.48. The number of piperidine rings is 1. The molecule has 19 heavy (non-hydrogen) atoms. The van der Waals surface area contributed by atoms with Crippen LogP contribution in [0.2, 0.25) is 0 Å². The summed E-state index contributed by atoms with van der Waals surface area (Å²) in [6, 6.07) is 6.39. The Bertz CT molecular complexity index is 386. The van der Waals surface area contributed by atoms with Crippen molar-refractivity contribution >= 4 is 0 Å². The highest BCUT2D eigenvalue weighted by molar-refractivity contribution is 5.37. The van der Waals surface area contributed by atoms with Crippen LogP contribution in [0.15, 0.2) is 18.2 Å². The lowest BCUT2D eigenvalue weighted by molar-refractivity contribution is 0.360. The van der Waals surface area contributed by atoms with Gasteiger partial charge in [0.1, 0.15) is 5.75 Å². The first-order valence-corrected chi connectivity index (χ1v) is 7.34. The monoisotopic (exact) mass is 262 g/mol. The van der Waals surface area contributed by atoms with E-state index in [1.54, 1.807) is 7.11 Å². The van der Waals surface area contributed by atoms with E-state index in [2.05, 4.69) is 35.8 Å². The SMILES string of the molecule is COc1ccc(C)cc1CCNCC1CCCNC1. The number of hydrogen-bond donors (Lipinski definition) is 2. The molecule has 0 aliphatic carbocycles. The zero-order valence-corrected chi connectivity index (χ0v) is 12.2. The zero-order valence-electron chi connectivity index (χ0n) is 12.2. The van der Waals surface area contributed by atoms with Crippen molar-refractivity contribution in [1.82, 2.24) is 10.6 Å². The van der Waals surface area contributed by atoms with E-state index in [0.717, 1.165) is 31.2 Å². The van der Waals surface area contributed by atoms with Crippen LogP contribution in [-0.4, -0.2) is 33.3 Å². The van der Waals surface area contributed by atoms with Gasteiger partial charge in [0.15, 0.2) is 0 Å². The Balaban J connectivity index is 1.74. The fourth-order valence-corrected chi connectivity index (χ4v) is 2.73. The van der Waals surface area contributed by atoms with Crippen molar-refractivity contribution in [2.24, 2.45) is 5.92 Å². The second kappa shape index (κ2) is 7.51. The van der Waals surface area contributed by atoms with E-state index in [9.17, 15) is 0 Å². The quantitative estimate of drug-likeness (QED) is 0.771. The third kappa shape index (κ3) is 4.51. The Morgan fingerprint density at radius 2 is 2.32 bits per heavy atom. The standard InChI is InChI=1S/C16H26N2O/c1-13-5-6-16(19-2)15(10-13)7-9-18-12-14-4-3-8-17-11-14/h5-6,10,14,17-18H,3-4,7-9,11-12H2,1-2H3. The van der Waals surface area contributed by atoms with E-state index < -0.39 is 0 Å². The van der Waals surface area contributed by atoms with Gasteiger partial charge >= 0.3 is 0 Å². The summed E-state index contributed by atoms with van der Waals surface area (Å²) in [6.45, 7) is 6.64. The molecule has 0 spiro atoms. The van der Waals surface area contributed by atoms with Crippen molar-refractivity contribution in [3.05, 3.63) is 29.3 Å². The molecule has 0 bridgehead atoms. The van der Waals surface area contributed by atoms with Gasteiger partial charge in [0.05, 0.1) is 7.11 Å². The number of nitrogens with one attached hydrogen (secondary N) is 2. The summed E-state index contributed by atoms with van der Waals surface area (Å²) in [4.78, 5) is 0. The van der Waals surface area contributed by atoms with Crippen LogP contribution in [0.1, 0.15) is 24.0 Å². The summed E-state index contributed by atoms with van der Waals surface area (Å²) in [6.07, 6.45) is 3.71. The van der Waals surface area contributed by atoms with Gasteiger partial charge < -0.3 is 15.4 Å². The molecule has 1 aliphatic rings. The Morgan fingerprint density at radius 3 is 3.05 bits per heavy atom. The number of aryl methyl sites for hydroxylation is 1. The van der Waals surface area contributed by atoms with Gasteiger partial charge in [0.25, 0.3) is 0 Å². The number of rotatable bonds is 6. The van der Waals surface area contributed by atoms with Crippen LogP contribution in [0.5, 0.6) is 5.75 Å². The van der Waals surface area contributed by atoms with Crippen molar-refractivity contribution in [1.29, 1.82) is 0 Å². The lowest BCUT2D eigenvalue weighted by Gasteiger charge is -2.23. The largest absolute Gasteiger partial charge is 0.496 e. The lowest BCUT2D eigenvalue weighted by atomic mass is 9.99. The van der Waals surface area contributed by atoms with E-state index in [0.29, 0.717) is 0 Å². The average Bonchev–Trinajstić information content (AvgIpc) is 2.45. The summed E-state index contributed by atoms with van der Waals surface area (Å²) in [5, 5.41) is 7.04. The molecule has 1 aliphatic heterocycles. The molecule has 1 heterocycles. The number of ether oxygens (including phenoxy) is 1. The minimum atomic E-state index is 0.799. The van der Waals surface area contributed by atoms with Gasteiger partial charge in [0.2, 0.25) is 0 Å². The van der Waals surface area contributed by atoms with Crippen LogP contribution in [-0.2, 0) is 6.42 Å². The minimum absolute atomic E-state index is 0.799. The van der Waals surface area contributed by atoms with E-state index in [-0.39, 0.29) is 0 Å². The van der Waals surface area contributed by atoms with Crippen molar-refractivity contribution in [3.63, 3.8) is 0 Å². The molecular weight excluding hydrogens is 236 g/mol. The van der Waals surface area contributed by atoms with Gasteiger partial charge in [0, 0.05) is 0 Å². The van der Waals surface area contributed by atoms with Crippen molar-refractivity contribution in [2.45, 2.75) is 26.2 Å². The molecule has 1 fully saturated rings. The highest BCUT2D eigenvalue weighted by Gasteiger charge is 2.12. The summed E-state index contributed by atoms with van der Waals surface area (Å²) in [5.74, 6) is 1.81. The number of hydrogen-bond acceptors (Lipinski definition) is 3. The Morgan fingerprint density at radius 1 is 1.42 bits per heavy atom. The molecule has 1 unspecified atom stereocenters. The zero-order chi connectivity index (χ0) is 13.5. The summed E-state index contributed by atoms with van der Waals surface area (Å²) >= 11 is 0. The fourth-order valence-electron chi connectivity index (χ4n) is 2.73. The molecule has 0 aromatic heterocycles. The molecule has 1 saturated heterocycles. The molecule has 0 amide bonds. The molecule has 2 rings (SSSR count). The normalized spacial score (nSPS) is 19.4. The molecule has 1 aromatic rings. The smallest absolute Gasteiger partial charge is 0.122 e.